The molecule has 0 bridgehead atoms. The minimum Gasteiger partial charge on any atom is -0.495 e. The predicted octanol–water partition coefficient (Wildman–Crippen LogP) is 5.34. The van der Waals surface area contributed by atoms with Crippen LogP contribution >= 0.6 is 0 Å². The van der Waals surface area contributed by atoms with Crippen molar-refractivity contribution in [2.24, 2.45) is 0 Å². The molecule has 2 amide bonds. The number of pyridine rings is 1. The van der Waals surface area contributed by atoms with Crippen LogP contribution in [0, 0.1) is 0 Å². The Hall–Kier alpha value is -4.13. The van der Waals surface area contributed by atoms with Gasteiger partial charge < -0.3 is 15.0 Å². The normalized spacial score (nSPS) is 14.7. The molecule has 2 aromatic carbocycles. The molecule has 1 aliphatic carbocycles. The summed E-state index contributed by atoms with van der Waals surface area (Å²) in [4.78, 5) is 37.3. The van der Waals surface area contributed by atoms with Crippen molar-refractivity contribution in [1.29, 1.82) is 0 Å². The Morgan fingerprint density at radius 1 is 1.05 bits per heavy atom. The first-order chi connectivity index (χ1) is 18.2. The summed E-state index contributed by atoms with van der Waals surface area (Å²) in [6, 6.07) is 18.1. The molecule has 7 heteroatoms. The summed E-state index contributed by atoms with van der Waals surface area (Å²) in [6.07, 6.45) is 10.6. The number of nitrogens with one attached hydrogen (secondary N) is 2. The Labute approximate surface area is 216 Å². The van der Waals surface area contributed by atoms with E-state index >= 15 is 0 Å². The molecule has 2 heterocycles. The van der Waals surface area contributed by atoms with E-state index in [1.165, 1.54) is 6.42 Å². The zero-order chi connectivity index (χ0) is 25.6. The molecule has 0 spiro atoms. The summed E-state index contributed by atoms with van der Waals surface area (Å²) in [5, 5.41) is 4.23. The topological polar surface area (TPSA) is 87.3 Å². The van der Waals surface area contributed by atoms with Gasteiger partial charge in [0.2, 0.25) is 11.8 Å². The summed E-state index contributed by atoms with van der Waals surface area (Å²) in [7, 11) is 1.57. The number of ether oxygens (including phenoxy) is 1. The molecular weight excluding hydrogens is 464 g/mol. The van der Waals surface area contributed by atoms with E-state index in [9.17, 15) is 9.59 Å². The first-order valence-corrected chi connectivity index (χ1v) is 12.9. The summed E-state index contributed by atoms with van der Waals surface area (Å²) in [5.74, 6) is 0.106. The lowest BCUT2D eigenvalue weighted by Gasteiger charge is -2.34. The zero-order valence-electron chi connectivity index (χ0n) is 21.0. The molecule has 2 aromatic heterocycles. The third-order valence-corrected chi connectivity index (χ3v) is 7.09. The van der Waals surface area contributed by atoms with Crippen LogP contribution in [0.25, 0.3) is 10.9 Å². The first kappa shape index (κ1) is 24.6. The Bertz CT molecular complexity index is 1360. The van der Waals surface area contributed by atoms with Crippen LogP contribution in [0.5, 0.6) is 5.75 Å². The van der Waals surface area contributed by atoms with E-state index in [1.807, 2.05) is 54.7 Å². The number of nitrogens with zero attached hydrogens (tertiary/aromatic N) is 2. The SMILES string of the molecule is COc1ccccc1N(C(=O)Cc1c[nH]c2ccccc12)C(C(=O)NC1CCCCC1)c1cccnc1. The Balaban J connectivity index is 1.57. The molecule has 4 aromatic rings. The van der Waals surface area contributed by atoms with Crippen molar-refractivity contribution in [1.82, 2.24) is 15.3 Å². The number of methoxy groups -OCH3 is 1. The van der Waals surface area contributed by atoms with E-state index < -0.39 is 6.04 Å². The average Bonchev–Trinajstić information content (AvgIpc) is 3.35. The quantitative estimate of drug-likeness (QED) is 0.345. The molecule has 0 saturated heterocycles. The Morgan fingerprint density at radius 3 is 2.62 bits per heavy atom. The van der Waals surface area contributed by atoms with Gasteiger partial charge in [-0.25, -0.2) is 0 Å². The molecule has 0 aliphatic heterocycles. The second-order valence-electron chi connectivity index (χ2n) is 9.50. The molecule has 1 fully saturated rings. The lowest BCUT2D eigenvalue weighted by Crippen LogP contribution is -2.47. The van der Waals surface area contributed by atoms with Crippen LogP contribution in [0.4, 0.5) is 5.69 Å². The van der Waals surface area contributed by atoms with E-state index in [2.05, 4.69) is 15.3 Å². The van der Waals surface area contributed by atoms with Crippen LogP contribution in [0.2, 0.25) is 0 Å². The number of rotatable bonds is 8. The van der Waals surface area contributed by atoms with E-state index in [-0.39, 0.29) is 24.3 Å². The van der Waals surface area contributed by atoms with Gasteiger partial charge >= 0.3 is 0 Å². The molecular formula is C30H32N4O3. The van der Waals surface area contributed by atoms with Gasteiger partial charge in [0.05, 0.1) is 19.2 Å². The monoisotopic (exact) mass is 496 g/mol. The third kappa shape index (κ3) is 5.35. The van der Waals surface area contributed by atoms with Crippen molar-refractivity contribution < 1.29 is 14.3 Å². The van der Waals surface area contributed by atoms with Gasteiger partial charge in [0, 0.05) is 41.1 Å². The highest BCUT2D eigenvalue weighted by Crippen LogP contribution is 2.36. The first-order valence-electron chi connectivity index (χ1n) is 12.9. The fourth-order valence-electron chi connectivity index (χ4n) is 5.25. The van der Waals surface area contributed by atoms with E-state index in [4.69, 9.17) is 4.74 Å². The number of fused-ring (bicyclic) bond motifs is 1. The number of carbonyl (C=O) groups is 2. The smallest absolute Gasteiger partial charge is 0.248 e. The highest BCUT2D eigenvalue weighted by molar-refractivity contribution is 6.04. The molecule has 1 saturated carbocycles. The lowest BCUT2D eigenvalue weighted by atomic mass is 9.94. The molecule has 1 atom stereocenters. The molecule has 190 valence electrons. The maximum Gasteiger partial charge on any atom is 0.248 e. The summed E-state index contributed by atoms with van der Waals surface area (Å²) in [5.41, 5.74) is 3.03. The van der Waals surface area contributed by atoms with Crippen molar-refractivity contribution in [3.05, 3.63) is 90.4 Å². The minimum absolute atomic E-state index is 0.101. The maximum absolute atomic E-state index is 14.2. The largest absolute Gasteiger partial charge is 0.495 e. The van der Waals surface area contributed by atoms with Crippen molar-refractivity contribution in [2.45, 2.75) is 50.6 Å². The molecule has 1 unspecified atom stereocenters. The molecule has 5 rings (SSSR count). The van der Waals surface area contributed by atoms with Gasteiger partial charge in [-0.15, -0.1) is 0 Å². The molecule has 37 heavy (non-hydrogen) atoms. The van der Waals surface area contributed by atoms with Gasteiger partial charge in [-0.1, -0.05) is 55.7 Å². The fourth-order valence-corrected chi connectivity index (χ4v) is 5.25. The number of hydrogen-bond acceptors (Lipinski definition) is 4. The van der Waals surface area contributed by atoms with Gasteiger partial charge in [-0.3, -0.25) is 19.5 Å². The second kappa shape index (κ2) is 11.3. The summed E-state index contributed by atoms with van der Waals surface area (Å²) in [6.45, 7) is 0. The highest BCUT2D eigenvalue weighted by atomic mass is 16.5. The standard InChI is InChI=1S/C30H32N4O3/c1-37-27-16-8-7-15-26(27)34(28(35)18-22-20-32-25-14-6-5-13-24(22)25)29(21-10-9-17-31-19-21)30(36)33-23-11-3-2-4-12-23/h5-10,13-17,19-20,23,29,32H,2-4,11-12,18H2,1H3,(H,33,36). The highest BCUT2D eigenvalue weighted by Gasteiger charge is 2.35. The number of aromatic nitrogens is 2. The van der Waals surface area contributed by atoms with Crippen LogP contribution < -0.4 is 15.0 Å². The zero-order valence-corrected chi connectivity index (χ0v) is 21.0. The number of carbonyl (C=O) groups excluding carboxylic acids is 2. The van der Waals surface area contributed by atoms with Crippen LogP contribution in [-0.2, 0) is 16.0 Å². The van der Waals surface area contributed by atoms with Crippen LogP contribution in [0.3, 0.4) is 0 Å². The number of amides is 2. The third-order valence-electron chi connectivity index (χ3n) is 7.09. The number of benzene rings is 2. The van der Waals surface area contributed by atoms with Gasteiger partial charge in [0.1, 0.15) is 11.8 Å². The van der Waals surface area contributed by atoms with Crippen LogP contribution in [0.15, 0.2) is 79.3 Å². The predicted molar refractivity (Wildman–Crippen MR) is 144 cm³/mol. The van der Waals surface area contributed by atoms with Crippen molar-refractivity contribution in [3.63, 3.8) is 0 Å². The van der Waals surface area contributed by atoms with Gasteiger partial charge in [0.25, 0.3) is 0 Å². The van der Waals surface area contributed by atoms with Crippen molar-refractivity contribution >= 4 is 28.4 Å². The van der Waals surface area contributed by atoms with E-state index in [1.54, 1.807) is 36.5 Å². The van der Waals surface area contributed by atoms with Crippen LogP contribution in [0.1, 0.15) is 49.3 Å². The Kier molecular flexibility index (Phi) is 7.49. The van der Waals surface area contributed by atoms with Gasteiger partial charge in [-0.05, 0) is 42.7 Å². The van der Waals surface area contributed by atoms with E-state index in [0.29, 0.717) is 17.0 Å². The van der Waals surface area contributed by atoms with Gasteiger partial charge in [0.15, 0.2) is 0 Å². The average molecular weight is 497 g/mol. The number of hydrogen-bond donors (Lipinski definition) is 2. The Morgan fingerprint density at radius 2 is 1.84 bits per heavy atom. The minimum atomic E-state index is -0.898. The van der Waals surface area contributed by atoms with Crippen molar-refractivity contribution in [3.8, 4) is 5.75 Å². The molecule has 2 N–H and O–H groups in total. The number of anilines is 1. The fraction of sp³-hybridized carbons (Fsp3) is 0.300. The number of aromatic amines is 1. The lowest BCUT2D eigenvalue weighted by molar-refractivity contribution is -0.127. The van der Waals surface area contributed by atoms with Crippen LogP contribution in [-0.4, -0.2) is 34.9 Å². The summed E-state index contributed by atoms with van der Waals surface area (Å²) < 4.78 is 5.65. The van der Waals surface area contributed by atoms with E-state index in [0.717, 1.165) is 42.1 Å². The maximum atomic E-state index is 14.2. The molecule has 7 nitrogen and oxygen atoms in total. The molecule has 1 aliphatic rings. The molecule has 0 radical (unpaired) electrons. The van der Waals surface area contributed by atoms with Gasteiger partial charge in [-0.2, -0.15) is 0 Å². The number of para-hydroxylation sites is 3. The second-order valence-corrected chi connectivity index (χ2v) is 9.50. The summed E-state index contributed by atoms with van der Waals surface area (Å²) >= 11 is 0. The van der Waals surface area contributed by atoms with Crippen molar-refractivity contribution in [2.75, 3.05) is 12.0 Å². The number of H-pyrrole nitrogens is 1.